The molecule has 0 spiro atoms. The van der Waals surface area contributed by atoms with Crippen LogP contribution in [-0.4, -0.2) is 32.2 Å². The summed E-state index contributed by atoms with van der Waals surface area (Å²) < 4.78 is 11.4. The van der Waals surface area contributed by atoms with E-state index in [1.54, 1.807) is 16.8 Å². The second-order valence-corrected chi connectivity index (χ2v) is 8.11. The molecular formula is C20H14BrClN4O2S. The largest absolute Gasteiger partial charge is 0.464 e. The zero-order chi connectivity index (χ0) is 20.5. The zero-order valence-corrected chi connectivity index (χ0v) is 18.5. The zero-order valence-electron chi connectivity index (χ0n) is 15.4. The van der Waals surface area contributed by atoms with Crippen LogP contribution < -0.4 is 0 Å². The van der Waals surface area contributed by atoms with Crippen molar-refractivity contribution in [3.05, 3.63) is 69.3 Å². The van der Waals surface area contributed by atoms with Gasteiger partial charge in [-0.3, -0.25) is 0 Å². The highest BCUT2D eigenvalue weighted by Crippen LogP contribution is 2.36. The molecule has 0 bridgehead atoms. The molecule has 0 fully saturated rings. The van der Waals surface area contributed by atoms with Crippen molar-refractivity contribution in [2.75, 3.05) is 7.11 Å². The van der Waals surface area contributed by atoms with Gasteiger partial charge in [0.25, 0.3) is 0 Å². The molecule has 0 aliphatic rings. The summed E-state index contributed by atoms with van der Waals surface area (Å²) in [5, 5.41) is 5.67. The Morgan fingerprint density at radius 2 is 2.00 bits per heavy atom. The van der Waals surface area contributed by atoms with E-state index in [4.69, 9.17) is 16.3 Å². The van der Waals surface area contributed by atoms with E-state index >= 15 is 0 Å². The van der Waals surface area contributed by atoms with Gasteiger partial charge in [0.1, 0.15) is 10.7 Å². The molecule has 4 rings (SSSR count). The topological polar surface area (TPSA) is 69.9 Å². The SMILES string of the molecule is COC(=O)c1nn(-c2ccccc2Cl)c(-c2nsc(-c3cccc(C)c3)n2)c1Br. The maximum absolute atomic E-state index is 12.2. The summed E-state index contributed by atoms with van der Waals surface area (Å²) in [6, 6.07) is 15.2. The van der Waals surface area contributed by atoms with E-state index in [9.17, 15) is 4.79 Å². The molecule has 0 atom stereocenters. The molecule has 146 valence electrons. The Kier molecular flexibility index (Phi) is 5.49. The standard InChI is InChI=1S/C20H14BrClN4O2S/c1-11-6-5-7-12(10-11)19-23-18(25-29-19)17-15(21)16(20(27)28-2)24-26(17)14-9-4-3-8-13(14)22/h3-10H,1-2H3. The van der Waals surface area contributed by atoms with Crippen molar-refractivity contribution < 1.29 is 9.53 Å². The Balaban J connectivity index is 1.90. The van der Waals surface area contributed by atoms with Crippen molar-refractivity contribution >= 4 is 45.0 Å². The third-order valence-electron chi connectivity index (χ3n) is 4.19. The van der Waals surface area contributed by atoms with Crippen molar-refractivity contribution in [2.45, 2.75) is 6.92 Å². The predicted octanol–water partition coefficient (Wildman–Crippen LogP) is 5.57. The molecule has 0 aliphatic carbocycles. The predicted molar refractivity (Wildman–Crippen MR) is 117 cm³/mol. The minimum absolute atomic E-state index is 0.120. The fourth-order valence-corrected chi connectivity index (χ4v) is 4.29. The van der Waals surface area contributed by atoms with Gasteiger partial charge in [-0.2, -0.15) is 9.47 Å². The first-order chi connectivity index (χ1) is 14.0. The van der Waals surface area contributed by atoms with E-state index in [0.29, 0.717) is 26.7 Å². The van der Waals surface area contributed by atoms with E-state index < -0.39 is 5.97 Å². The minimum atomic E-state index is -0.571. The summed E-state index contributed by atoms with van der Waals surface area (Å²) in [4.78, 5) is 16.9. The fourth-order valence-electron chi connectivity index (χ4n) is 2.83. The lowest BCUT2D eigenvalue weighted by atomic mass is 10.1. The lowest BCUT2D eigenvalue weighted by Gasteiger charge is -2.07. The molecule has 29 heavy (non-hydrogen) atoms. The number of methoxy groups -OCH3 is 1. The summed E-state index contributed by atoms with van der Waals surface area (Å²) in [5.41, 5.74) is 3.35. The van der Waals surface area contributed by atoms with Crippen LogP contribution in [0, 0.1) is 6.92 Å². The minimum Gasteiger partial charge on any atom is -0.464 e. The lowest BCUT2D eigenvalue weighted by Crippen LogP contribution is -2.05. The number of ether oxygens (including phenoxy) is 1. The molecule has 2 aromatic heterocycles. The van der Waals surface area contributed by atoms with E-state index in [0.717, 1.165) is 16.1 Å². The van der Waals surface area contributed by atoms with Crippen LogP contribution in [0.15, 0.2) is 53.0 Å². The monoisotopic (exact) mass is 488 g/mol. The second-order valence-electron chi connectivity index (χ2n) is 6.16. The van der Waals surface area contributed by atoms with Crippen LogP contribution in [0.4, 0.5) is 0 Å². The summed E-state index contributed by atoms with van der Waals surface area (Å²) in [7, 11) is 1.31. The molecule has 0 saturated carbocycles. The molecule has 0 amide bonds. The Morgan fingerprint density at radius 3 is 2.72 bits per heavy atom. The van der Waals surface area contributed by atoms with E-state index in [2.05, 4.69) is 30.4 Å². The second kappa shape index (κ2) is 8.06. The van der Waals surface area contributed by atoms with Gasteiger partial charge >= 0.3 is 5.97 Å². The molecule has 0 radical (unpaired) electrons. The highest BCUT2D eigenvalue weighted by molar-refractivity contribution is 9.10. The van der Waals surface area contributed by atoms with Gasteiger partial charge in [-0.1, -0.05) is 47.5 Å². The van der Waals surface area contributed by atoms with Gasteiger partial charge in [-0.25, -0.2) is 14.5 Å². The summed E-state index contributed by atoms with van der Waals surface area (Å²) in [6.07, 6.45) is 0. The van der Waals surface area contributed by atoms with Gasteiger partial charge in [0, 0.05) is 5.56 Å². The lowest BCUT2D eigenvalue weighted by molar-refractivity contribution is 0.0592. The number of esters is 1. The number of carbonyl (C=O) groups is 1. The van der Waals surface area contributed by atoms with E-state index in [1.165, 1.54) is 18.6 Å². The van der Waals surface area contributed by atoms with Gasteiger partial charge in [-0.05, 0) is 52.6 Å². The highest BCUT2D eigenvalue weighted by Gasteiger charge is 2.27. The average molecular weight is 490 g/mol. The smallest absolute Gasteiger partial charge is 0.359 e. The van der Waals surface area contributed by atoms with E-state index in [1.807, 2.05) is 43.3 Å². The number of halogens is 2. The summed E-state index contributed by atoms with van der Waals surface area (Å²) >= 11 is 11.1. The molecule has 0 saturated heterocycles. The number of rotatable bonds is 4. The molecule has 2 heterocycles. The van der Waals surface area contributed by atoms with Crippen molar-refractivity contribution in [1.29, 1.82) is 0 Å². The molecule has 0 N–H and O–H groups in total. The van der Waals surface area contributed by atoms with Crippen molar-refractivity contribution in [2.24, 2.45) is 0 Å². The third kappa shape index (κ3) is 3.71. The van der Waals surface area contributed by atoms with Crippen molar-refractivity contribution in [1.82, 2.24) is 19.1 Å². The fraction of sp³-hybridized carbons (Fsp3) is 0.100. The number of aromatic nitrogens is 4. The summed E-state index contributed by atoms with van der Waals surface area (Å²) in [5.74, 6) is -0.140. The first-order valence-electron chi connectivity index (χ1n) is 8.52. The Labute approximate surface area is 184 Å². The molecule has 6 nitrogen and oxygen atoms in total. The third-order valence-corrected chi connectivity index (χ3v) is 6.02. The quantitative estimate of drug-likeness (QED) is 0.351. The van der Waals surface area contributed by atoms with Gasteiger partial charge in [-0.15, -0.1) is 0 Å². The van der Waals surface area contributed by atoms with Crippen LogP contribution in [0.1, 0.15) is 16.1 Å². The van der Waals surface area contributed by atoms with Gasteiger partial charge in [0.15, 0.2) is 11.5 Å². The maximum Gasteiger partial charge on any atom is 0.359 e. The first kappa shape index (κ1) is 19.8. The highest BCUT2D eigenvalue weighted by atomic mass is 79.9. The van der Waals surface area contributed by atoms with Gasteiger partial charge < -0.3 is 4.74 Å². The molecule has 0 unspecified atom stereocenters. The van der Waals surface area contributed by atoms with Crippen LogP contribution in [0.25, 0.3) is 27.8 Å². The van der Waals surface area contributed by atoms with Gasteiger partial charge in [0.05, 0.1) is 22.3 Å². The number of carbonyl (C=O) groups excluding carboxylic acids is 1. The number of benzene rings is 2. The van der Waals surface area contributed by atoms with E-state index in [-0.39, 0.29) is 5.69 Å². The van der Waals surface area contributed by atoms with Gasteiger partial charge in [0.2, 0.25) is 0 Å². The van der Waals surface area contributed by atoms with Crippen molar-refractivity contribution in [3.63, 3.8) is 0 Å². The number of para-hydroxylation sites is 1. The maximum atomic E-state index is 12.2. The van der Waals surface area contributed by atoms with Crippen LogP contribution >= 0.6 is 39.1 Å². The number of hydrogen-bond acceptors (Lipinski definition) is 6. The van der Waals surface area contributed by atoms with Crippen LogP contribution in [0.2, 0.25) is 5.02 Å². The molecule has 0 aliphatic heterocycles. The number of aryl methyl sites for hydroxylation is 1. The number of hydrogen-bond donors (Lipinski definition) is 0. The normalized spacial score (nSPS) is 10.9. The molecular weight excluding hydrogens is 476 g/mol. The molecule has 4 aromatic rings. The van der Waals surface area contributed by atoms with Crippen LogP contribution in [-0.2, 0) is 4.74 Å². The van der Waals surface area contributed by atoms with Crippen LogP contribution in [0.5, 0.6) is 0 Å². The summed E-state index contributed by atoms with van der Waals surface area (Å²) in [6.45, 7) is 2.02. The molecule has 9 heteroatoms. The Hall–Kier alpha value is -2.55. The Morgan fingerprint density at radius 1 is 1.21 bits per heavy atom. The van der Waals surface area contributed by atoms with Crippen LogP contribution in [0.3, 0.4) is 0 Å². The molecule has 2 aromatic carbocycles. The average Bonchev–Trinajstić information content (AvgIpc) is 3.32. The van der Waals surface area contributed by atoms with Crippen molar-refractivity contribution in [3.8, 4) is 27.8 Å². The number of nitrogens with zero attached hydrogens (tertiary/aromatic N) is 4. The Bertz CT molecular complexity index is 1220. The first-order valence-corrected chi connectivity index (χ1v) is 10.5.